The first-order valence-electron chi connectivity index (χ1n) is 5.22. The Hall–Kier alpha value is -0.950. The van der Waals surface area contributed by atoms with Gasteiger partial charge in [-0.2, -0.15) is 5.10 Å². The third-order valence-corrected chi connectivity index (χ3v) is 2.42. The van der Waals surface area contributed by atoms with Crippen molar-refractivity contribution in [1.29, 1.82) is 0 Å². The van der Waals surface area contributed by atoms with Gasteiger partial charge in [-0.25, -0.2) is 0 Å². The largest absolute Gasteiger partial charge is 0.394 e. The Morgan fingerprint density at radius 2 is 2.12 bits per heavy atom. The number of nitrogens with one attached hydrogen (secondary N) is 1. The first-order chi connectivity index (χ1) is 7.59. The van der Waals surface area contributed by atoms with E-state index in [1.54, 1.807) is 30.1 Å². The molecule has 1 atom stereocenters. The topological polar surface area (TPSA) is 90.5 Å². The van der Waals surface area contributed by atoms with E-state index in [1.165, 1.54) is 0 Å². The van der Waals surface area contributed by atoms with Gasteiger partial charge in [0.25, 0.3) is 0 Å². The summed E-state index contributed by atoms with van der Waals surface area (Å²) in [6, 6.07) is 1.78. The van der Waals surface area contributed by atoms with Gasteiger partial charge in [-0.05, 0) is 13.0 Å². The fourth-order valence-electron chi connectivity index (χ4n) is 1.21. The second-order valence-electron chi connectivity index (χ2n) is 4.14. The quantitative estimate of drug-likeness (QED) is 0.460. The standard InChI is InChI=1S/C10H19N3O3/c1-10(7-14,8-15)11-5-9(16)6-13-4-2-3-12-13/h2-4,9,11,14-16H,5-8H2,1H3. The average molecular weight is 229 g/mol. The molecule has 0 aliphatic carbocycles. The highest BCUT2D eigenvalue weighted by molar-refractivity contribution is 4.83. The maximum Gasteiger partial charge on any atom is 0.0860 e. The summed E-state index contributed by atoms with van der Waals surface area (Å²) < 4.78 is 1.63. The van der Waals surface area contributed by atoms with Crippen molar-refractivity contribution in [3.63, 3.8) is 0 Å². The van der Waals surface area contributed by atoms with Crippen LogP contribution in [0.3, 0.4) is 0 Å². The molecule has 0 bridgehead atoms. The van der Waals surface area contributed by atoms with Crippen molar-refractivity contribution in [2.45, 2.75) is 25.1 Å². The van der Waals surface area contributed by atoms with Gasteiger partial charge in [-0.15, -0.1) is 0 Å². The van der Waals surface area contributed by atoms with E-state index in [0.717, 1.165) is 0 Å². The number of β-amino-alcohol motifs (C(OH)–C–C–N with tert-alkyl or cyclic N) is 1. The monoisotopic (exact) mass is 229 g/mol. The molecule has 92 valence electrons. The molecule has 0 fully saturated rings. The summed E-state index contributed by atoms with van der Waals surface area (Å²) in [7, 11) is 0. The van der Waals surface area contributed by atoms with Crippen molar-refractivity contribution in [2.24, 2.45) is 0 Å². The summed E-state index contributed by atoms with van der Waals surface area (Å²) >= 11 is 0. The van der Waals surface area contributed by atoms with Gasteiger partial charge < -0.3 is 20.6 Å². The van der Waals surface area contributed by atoms with Gasteiger partial charge in [0.2, 0.25) is 0 Å². The Morgan fingerprint density at radius 1 is 1.44 bits per heavy atom. The predicted octanol–water partition coefficient (Wildman–Crippen LogP) is -1.42. The number of aromatic nitrogens is 2. The van der Waals surface area contributed by atoms with Gasteiger partial charge in [-0.1, -0.05) is 0 Å². The highest BCUT2D eigenvalue weighted by Crippen LogP contribution is 2.01. The predicted molar refractivity (Wildman–Crippen MR) is 58.8 cm³/mol. The van der Waals surface area contributed by atoms with Crippen LogP contribution >= 0.6 is 0 Å². The second kappa shape index (κ2) is 5.95. The van der Waals surface area contributed by atoms with Gasteiger partial charge in [0.1, 0.15) is 0 Å². The SMILES string of the molecule is CC(CO)(CO)NCC(O)Cn1cccn1. The van der Waals surface area contributed by atoms with Gasteiger partial charge in [0.15, 0.2) is 0 Å². The minimum atomic E-state index is -0.759. The third-order valence-electron chi connectivity index (χ3n) is 2.42. The molecule has 6 heteroatoms. The van der Waals surface area contributed by atoms with Crippen LogP contribution in [0.15, 0.2) is 18.5 Å². The number of nitrogens with zero attached hydrogens (tertiary/aromatic N) is 2. The van der Waals surface area contributed by atoms with E-state index >= 15 is 0 Å². The van der Waals surface area contributed by atoms with E-state index in [0.29, 0.717) is 6.54 Å². The van der Waals surface area contributed by atoms with E-state index in [1.807, 2.05) is 0 Å². The molecule has 1 aromatic heterocycles. The van der Waals surface area contributed by atoms with Gasteiger partial charge in [0.05, 0.1) is 31.4 Å². The third kappa shape index (κ3) is 3.90. The smallest absolute Gasteiger partial charge is 0.0860 e. The van der Waals surface area contributed by atoms with Crippen LogP contribution in [-0.2, 0) is 6.54 Å². The lowest BCUT2D eigenvalue weighted by atomic mass is 10.1. The lowest BCUT2D eigenvalue weighted by Gasteiger charge is -2.27. The van der Waals surface area contributed by atoms with Crippen molar-refractivity contribution >= 4 is 0 Å². The molecule has 6 nitrogen and oxygen atoms in total. The van der Waals surface area contributed by atoms with E-state index in [4.69, 9.17) is 10.2 Å². The summed E-state index contributed by atoms with van der Waals surface area (Å²) in [4.78, 5) is 0. The molecule has 0 amide bonds. The Balaban J connectivity index is 2.32. The molecule has 0 aliphatic rings. The second-order valence-corrected chi connectivity index (χ2v) is 4.14. The summed E-state index contributed by atoms with van der Waals surface area (Å²) in [5.41, 5.74) is -0.759. The van der Waals surface area contributed by atoms with Gasteiger partial charge in [0, 0.05) is 18.9 Å². The number of aliphatic hydroxyl groups excluding tert-OH is 3. The maximum atomic E-state index is 9.69. The van der Waals surface area contributed by atoms with Crippen LogP contribution in [0.2, 0.25) is 0 Å². The Bertz CT molecular complexity index is 286. The number of rotatable bonds is 7. The van der Waals surface area contributed by atoms with E-state index in [-0.39, 0.29) is 19.8 Å². The molecule has 1 heterocycles. The average Bonchev–Trinajstić information content (AvgIpc) is 2.79. The van der Waals surface area contributed by atoms with Crippen LogP contribution < -0.4 is 5.32 Å². The fraction of sp³-hybridized carbons (Fsp3) is 0.700. The van der Waals surface area contributed by atoms with Crippen LogP contribution in [0.5, 0.6) is 0 Å². The first-order valence-corrected chi connectivity index (χ1v) is 5.22. The highest BCUT2D eigenvalue weighted by atomic mass is 16.3. The van der Waals surface area contributed by atoms with Gasteiger partial charge >= 0.3 is 0 Å². The van der Waals surface area contributed by atoms with Crippen molar-refractivity contribution < 1.29 is 15.3 Å². The fourth-order valence-corrected chi connectivity index (χ4v) is 1.21. The summed E-state index contributed by atoms with van der Waals surface area (Å²) in [6.07, 6.45) is 2.80. The minimum absolute atomic E-state index is 0.183. The highest BCUT2D eigenvalue weighted by Gasteiger charge is 2.22. The lowest BCUT2D eigenvalue weighted by Crippen LogP contribution is -2.51. The summed E-state index contributed by atoms with van der Waals surface area (Å²) in [5.74, 6) is 0. The first kappa shape index (κ1) is 13.1. The van der Waals surface area contributed by atoms with E-state index in [9.17, 15) is 5.11 Å². The van der Waals surface area contributed by atoms with Crippen molar-refractivity contribution in [3.8, 4) is 0 Å². The molecule has 0 aromatic carbocycles. The van der Waals surface area contributed by atoms with Crippen LogP contribution in [0, 0.1) is 0 Å². The van der Waals surface area contributed by atoms with Crippen molar-refractivity contribution in [3.05, 3.63) is 18.5 Å². The molecule has 1 rings (SSSR count). The normalized spacial score (nSPS) is 14.0. The molecule has 0 aliphatic heterocycles. The molecule has 16 heavy (non-hydrogen) atoms. The Kier molecular flexibility index (Phi) is 4.88. The van der Waals surface area contributed by atoms with Crippen LogP contribution in [-0.4, -0.2) is 56.5 Å². The Morgan fingerprint density at radius 3 is 2.62 bits per heavy atom. The zero-order chi connectivity index (χ0) is 12.0. The van der Waals surface area contributed by atoms with Crippen molar-refractivity contribution in [1.82, 2.24) is 15.1 Å². The Labute approximate surface area is 94.5 Å². The van der Waals surface area contributed by atoms with Gasteiger partial charge in [-0.3, -0.25) is 4.68 Å². The van der Waals surface area contributed by atoms with Crippen LogP contribution in [0.25, 0.3) is 0 Å². The van der Waals surface area contributed by atoms with Crippen molar-refractivity contribution in [2.75, 3.05) is 19.8 Å². The molecular weight excluding hydrogens is 210 g/mol. The summed E-state index contributed by atoms with van der Waals surface area (Å²) in [5, 5.41) is 34.6. The molecular formula is C10H19N3O3. The zero-order valence-electron chi connectivity index (χ0n) is 9.37. The molecule has 1 aromatic rings. The minimum Gasteiger partial charge on any atom is -0.394 e. The number of aliphatic hydroxyl groups is 3. The zero-order valence-corrected chi connectivity index (χ0v) is 9.37. The molecule has 0 radical (unpaired) electrons. The molecule has 0 saturated carbocycles. The molecule has 1 unspecified atom stereocenters. The number of hydrogen-bond donors (Lipinski definition) is 4. The summed E-state index contributed by atoms with van der Waals surface area (Å²) in [6.45, 7) is 1.99. The number of hydrogen-bond acceptors (Lipinski definition) is 5. The van der Waals surface area contributed by atoms with Crippen LogP contribution in [0.1, 0.15) is 6.92 Å². The molecule has 0 spiro atoms. The molecule has 4 N–H and O–H groups in total. The lowest BCUT2D eigenvalue weighted by molar-refractivity contribution is 0.0790. The maximum absolute atomic E-state index is 9.69. The van der Waals surface area contributed by atoms with E-state index in [2.05, 4.69) is 10.4 Å². The molecule has 0 saturated heterocycles. The van der Waals surface area contributed by atoms with Crippen LogP contribution in [0.4, 0.5) is 0 Å². The van der Waals surface area contributed by atoms with E-state index < -0.39 is 11.6 Å².